The molecule has 3 rings (SSSR count). The zero-order valence-electron chi connectivity index (χ0n) is 12.3. The summed E-state index contributed by atoms with van der Waals surface area (Å²) in [6.07, 6.45) is 0. The van der Waals surface area contributed by atoms with Crippen LogP contribution in [-0.2, 0) is 0 Å². The second kappa shape index (κ2) is 5.70. The highest BCUT2D eigenvalue weighted by molar-refractivity contribution is 7.12. The van der Waals surface area contributed by atoms with Gasteiger partial charge in [-0.1, -0.05) is 18.2 Å². The largest absolute Gasteiger partial charge is 0.497 e. The molecule has 0 bridgehead atoms. The number of fused-ring (bicyclic) bond motifs is 1. The summed E-state index contributed by atoms with van der Waals surface area (Å²) in [6.45, 7) is 4.27. The van der Waals surface area contributed by atoms with Crippen LogP contribution in [-0.4, -0.2) is 7.11 Å². The monoisotopic (exact) mass is 316 g/mol. The van der Waals surface area contributed by atoms with Gasteiger partial charge in [0.05, 0.1) is 12.5 Å². The van der Waals surface area contributed by atoms with Crippen molar-refractivity contribution in [3.63, 3.8) is 0 Å². The number of hydrogen-bond acceptors (Lipinski definition) is 2. The first kappa shape index (κ1) is 14.4. The maximum atomic E-state index is 6.66. The molecule has 1 heterocycles. The Bertz CT molecular complexity index is 772. The molecule has 1 atom stereocenters. The number of rotatable bonds is 3. The molecule has 21 heavy (non-hydrogen) atoms. The van der Waals surface area contributed by atoms with Gasteiger partial charge in [-0.15, -0.1) is 22.9 Å². The Balaban J connectivity index is 2.00. The van der Waals surface area contributed by atoms with E-state index in [4.69, 9.17) is 16.3 Å². The van der Waals surface area contributed by atoms with E-state index in [-0.39, 0.29) is 5.38 Å². The molecule has 0 radical (unpaired) electrons. The average Bonchev–Trinajstić information content (AvgIpc) is 2.85. The summed E-state index contributed by atoms with van der Waals surface area (Å²) in [6, 6.07) is 14.7. The SMILES string of the molecule is COc1ccc2cc(C(Cl)c3cc(C)c(C)s3)ccc2c1. The van der Waals surface area contributed by atoms with E-state index in [9.17, 15) is 0 Å². The highest BCUT2D eigenvalue weighted by Crippen LogP contribution is 2.36. The fourth-order valence-corrected chi connectivity index (χ4v) is 3.80. The second-order valence-electron chi connectivity index (χ2n) is 5.22. The van der Waals surface area contributed by atoms with Gasteiger partial charge >= 0.3 is 0 Å². The molecule has 2 aromatic carbocycles. The summed E-state index contributed by atoms with van der Waals surface area (Å²) in [5.41, 5.74) is 2.45. The Morgan fingerprint density at radius 2 is 1.71 bits per heavy atom. The number of hydrogen-bond donors (Lipinski definition) is 0. The molecule has 1 aromatic heterocycles. The van der Waals surface area contributed by atoms with E-state index in [1.165, 1.54) is 26.1 Å². The number of halogens is 1. The van der Waals surface area contributed by atoms with Gasteiger partial charge in [0, 0.05) is 9.75 Å². The lowest BCUT2D eigenvalue weighted by molar-refractivity contribution is 0.415. The Morgan fingerprint density at radius 1 is 1.00 bits per heavy atom. The molecule has 0 aliphatic carbocycles. The molecule has 1 unspecified atom stereocenters. The van der Waals surface area contributed by atoms with E-state index < -0.39 is 0 Å². The molecule has 3 heteroatoms. The Labute approximate surface area is 134 Å². The van der Waals surface area contributed by atoms with Crippen molar-refractivity contribution < 1.29 is 4.74 Å². The van der Waals surface area contributed by atoms with Gasteiger partial charge in [0.15, 0.2) is 0 Å². The van der Waals surface area contributed by atoms with Crippen LogP contribution in [0.5, 0.6) is 5.75 Å². The second-order valence-corrected chi connectivity index (χ2v) is 6.95. The van der Waals surface area contributed by atoms with E-state index in [2.05, 4.69) is 44.2 Å². The predicted octanol–water partition coefficient (Wildman–Crippen LogP) is 5.85. The van der Waals surface area contributed by atoms with Crippen LogP contribution < -0.4 is 4.74 Å². The summed E-state index contributed by atoms with van der Waals surface area (Å²) in [5.74, 6) is 0.877. The molecule has 0 saturated heterocycles. The minimum absolute atomic E-state index is 0.0890. The molecule has 0 amide bonds. The minimum Gasteiger partial charge on any atom is -0.497 e. The van der Waals surface area contributed by atoms with Crippen LogP contribution in [0, 0.1) is 13.8 Å². The summed E-state index contributed by atoms with van der Waals surface area (Å²) in [7, 11) is 1.69. The average molecular weight is 317 g/mol. The van der Waals surface area contributed by atoms with Gasteiger partial charge in [0.1, 0.15) is 5.75 Å². The molecule has 0 aliphatic rings. The first-order valence-corrected chi connectivity index (χ1v) is 8.12. The van der Waals surface area contributed by atoms with Crippen LogP contribution in [0.1, 0.15) is 26.3 Å². The maximum Gasteiger partial charge on any atom is 0.119 e. The number of ether oxygens (including phenoxy) is 1. The van der Waals surface area contributed by atoms with E-state index >= 15 is 0 Å². The smallest absolute Gasteiger partial charge is 0.119 e. The van der Waals surface area contributed by atoms with Crippen LogP contribution in [0.2, 0.25) is 0 Å². The normalized spacial score (nSPS) is 12.6. The molecule has 1 nitrogen and oxygen atoms in total. The molecule has 0 saturated carbocycles. The van der Waals surface area contributed by atoms with Gasteiger partial charge in [-0.25, -0.2) is 0 Å². The van der Waals surface area contributed by atoms with Crippen molar-refractivity contribution in [2.75, 3.05) is 7.11 Å². The number of thiophene rings is 1. The van der Waals surface area contributed by atoms with Gasteiger partial charge in [0.25, 0.3) is 0 Å². The van der Waals surface area contributed by atoms with Gasteiger partial charge in [-0.3, -0.25) is 0 Å². The van der Waals surface area contributed by atoms with Gasteiger partial charge < -0.3 is 4.74 Å². The molecular formula is C18H17ClOS. The van der Waals surface area contributed by atoms with E-state index in [1.54, 1.807) is 18.4 Å². The molecule has 0 aliphatic heterocycles. The van der Waals surface area contributed by atoms with Crippen LogP contribution >= 0.6 is 22.9 Å². The lowest BCUT2D eigenvalue weighted by Crippen LogP contribution is -1.90. The molecule has 108 valence electrons. The zero-order chi connectivity index (χ0) is 15.0. The fourth-order valence-electron chi connectivity index (χ4n) is 2.42. The summed E-state index contributed by atoms with van der Waals surface area (Å²) >= 11 is 8.44. The van der Waals surface area contributed by atoms with E-state index in [1.807, 2.05) is 12.1 Å². The molecule has 0 spiro atoms. The third-order valence-electron chi connectivity index (χ3n) is 3.80. The standard InChI is InChI=1S/C18H17ClOS/c1-11-8-17(21-12(11)2)18(19)15-5-4-14-10-16(20-3)7-6-13(14)9-15/h4-10,18H,1-3H3. The highest BCUT2D eigenvalue weighted by Gasteiger charge is 2.14. The Morgan fingerprint density at radius 3 is 2.38 bits per heavy atom. The van der Waals surface area contributed by atoms with Gasteiger partial charge in [0.2, 0.25) is 0 Å². The quantitative estimate of drug-likeness (QED) is 0.550. The van der Waals surface area contributed by atoms with Crippen LogP contribution in [0.4, 0.5) is 0 Å². The molecule has 3 aromatic rings. The molecule has 0 fully saturated rings. The van der Waals surface area contributed by atoms with Crippen molar-refractivity contribution in [1.82, 2.24) is 0 Å². The van der Waals surface area contributed by atoms with Crippen LogP contribution in [0.25, 0.3) is 10.8 Å². The first-order valence-electron chi connectivity index (χ1n) is 6.87. The van der Waals surface area contributed by atoms with Crippen LogP contribution in [0.3, 0.4) is 0 Å². The highest BCUT2D eigenvalue weighted by atomic mass is 35.5. The van der Waals surface area contributed by atoms with Crippen molar-refractivity contribution in [2.45, 2.75) is 19.2 Å². The zero-order valence-corrected chi connectivity index (χ0v) is 13.9. The maximum absolute atomic E-state index is 6.66. The summed E-state index contributed by atoms with van der Waals surface area (Å²) < 4.78 is 5.26. The van der Waals surface area contributed by atoms with Crippen molar-refractivity contribution in [3.05, 3.63) is 63.3 Å². The Hall–Kier alpha value is -1.51. The lowest BCUT2D eigenvalue weighted by Gasteiger charge is -2.10. The summed E-state index contributed by atoms with van der Waals surface area (Å²) in [5, 5.41) is 2.26. The van der Waals surface area contributed by atoms with E-state index in [0.717, 1.165) is 11.3 Å². The first-order chi connectivity index (χ1) is 10.1. The molecule has 0 N–H and O–H groups in total. The molecular weight excluding hydrogens is 300 g/mol. The number of aryl methyl sites for hydroxylation is 2. The number of benzene rings is 2. The third-order valence-corrected chi connectivity index (χ3v) is 5.63. The van der Waals surface area contributed by atoms with Gasteiger partial charge in [-0.05, 0) is 60.0 Å². The van der Waals surface area contributed by atoms with Crippen molar-refractivity contribution in [3.8, 4) is 5.75 Å². The van der Waals surface area contributed by atoms with Crippen LogP contribution in [0.15, 0.2) is 42.5 Å². The third kappa shape index (κ3) is 2.78. The number of methoxy groups -OCH3 is 1. The van der Waals surface area contributed by atoms with Gasteiger partial charge in [-0.2, -0.15) is 0 Å². The van der Waals surface area contributed by atoms with Crippen molar-refractivity contribution in [2.24, 2.45) is 0 Å². The lowest BCUT2D eigenvalue weighted by atomic mass is 10.0. The summed E-state index contributed by atoms with van der Waals surface area (Å²) in [4.78, 5) is 2.54. The minimum atomic E-state index is -0.0890. The topological polar surface area (TPSA) is 9.23 Å². The predicted molar refractivity (Wildman–Crippen MR) is 92.0 cm³/mol. The number of alkyl halides is 1. The van der Waals surface area contributed by atoms with Crippen molar-refractivity contribution >= 4 is 33.7 Å². The van der Waals surface area contributed by atoms with E-state index in [0.29, 0.717) is 0 Å². The van der Waals surface area contributed by atoms with Crippen molar-refractivity contribution in [1.29, 1.82) is 0 Å². The Kier molecular flexibility index (Phi) is 3.92. The fraction of sp³-hybridized carbons (Fsp3) is 0.222.